The second kappa shape index (κ2) is 11.7. The molecule has 1 fully saturated rings. The summed E-state index contributed by atoms with van der Waals surface area (Å²) in [7, 11) is 1.53. The highest BCUT2D eigenvalue weighted by atomic mass is 16.5. The van der Waals surface area contributed by atoms with Crippen LogP contribution in [-0.2, 0) is 9.53 Å². The van der Waals surface area contributed by atoms with Crippen molar-refractivity contribution in [2.24, 2.45) is 5.41 Å². The third-order valence-electron chi connectivity index (χ3n) is 7.02. The maximum Gasteiger partial charge on any atom is 0.327 e. The molecule has 190 valence electrons. The number of hydrogen-bond donors (Lipinski definition) is 2. The predicted molar refractivity (Wildman–Crippen MR) is 135 cm³/mol. The van der Waals surface area contributed by atoms with Crippen molar-refractivity contribution in [2.75, 3.05) is 13.7 Å². The molecule has 1 aliphatic heterocycles. The fourth-order valence-electron chi connectivity index (χ4n) is 4.68. The fraction of sp³-hybridized carbons (Fsp3) is 0.500. The van der Waals surface area contributed by atoms with E-state index in [2.05, 4.69) is 12.2 Å². The smallest absolute Gasteiger partial charge is 0.327 e. The van der Waals surface area contributed by atoms with Crippen LogP contribution in [0.4, 0.5) is 4.79 Å². The Morgan fingerprint density at radius 3 is 2.20 bits per heavy atom. The van der Waals surface area contributed by atoms with E-state index in [1.54, 1.807) is 24.3 Å². The van der Waals surface area contributed by atoms with Crippen molar-refractivity contribution >= 4 is 11.9 Å². The molecule has 7 nitrogen and oxygen atoms in total. The van der Waals surface area contributed by atoms with Crippen LogP contribution < -0.4 is 10.1 Å². The van der Waals surface area contributed by atoms with Gasteiger partial charge >= 0.3 is 6.03 Å². The number of β-lactam (4-membered cyclic amide) rings is 1. The minimum atomic E-state index is -0.754. The molecule has 3 atom stereocenters. The zero-order valence-corrected chi connectivity index (χ0v) is 21.4. The number of carbonyl (C=O) groups excluding carboxylic acids is 2. The number of nitrogens with zero attached hydrogens (tertiary/aromatic N) is 1. The highest BCUT2D eigenvalue weighted by molar-refractivity contribution is 6.03. The Morgan fingerprint density at radius 2 is 1.66 bits per heavy atom. The first-order valence-corrected chi connectivity index (χ1v) is 12.5. The first-order chi connectivity index (χ1) is 16.8. The third-order valence-corrected chi connectivity index (χ3v) is 7.02. The van der Waals surface area contributed by atoms with E-state index in [1.807, 2.05) is 45.0 Å². The Bertz CT molecular complexity index is 985. The number of aliphatic hydroxyl groups is 1. The van der Waals surface area contributed by atoms with Gasteiger partial charge in [-0.1, -0.05) is 69.2 Å². The molecule has 0 saturated carbocycles. The molecule has 1 aliphatic rings. The molecule has 0 radical (unpaired) electrons. The van der Waals surface area contributed by atoms with Gasteiger partial charge in [-0.05, 0) is 49.4 Å². The summed E-state index contributed by atoms with van der Waals surface area (Å²) in [5, 5.41) is 13.2. The van der Waals surface area contributed by atoms with E-state index < -0.39 is 23.8 Å². The van der Waals surface area contributed by atoms with Gasteiger partial charge in [0.15, 0.2) is 6.23 Å². The second-order valence-electron chi connectivity index (χ2n) is 9.25. The van der Waals surface area contributed by atoms with Crippen LogP contribution in [0.3, 0.4) is 0 Å². The van der Waals surface area contributed by atoms with Crippen LogP contribution in [0.2, 0.25) is 0 Å². The lowest BCUT2D eigenvalue weighted by Gasteiger charge is -2.53. The summed E-state index contributed by atoms with van der Waals surface area (Å²) in [6, 6.07) is 14.5. The average Bonchev–Trinajstić information content (AvgIpc) is 2.85. The number of urea groups is 1. The maximum atomic E-state index is 13.4. The Hall–Kier alpha value is -2.90. The first kappa shape index (κ1) is 26.7. The molecule has 0 aliphatic carbocycles. The van der Waals surface area contributed by atoms with E-state index in [0.717, 1.165) is 24.0 Å². The fourth-order valence-corrected chi connectivity index (χ4v) is 4.68. The summed E-state index contributed by atoms with van der Waals surface area (Å²) < 4.78 is 11.2. The van der Waals surface area contributed by atoms with Crippen molar-refractivity contribution in [1.82, 2.24) is 10.2 Å². The lowest BCUT2D eigenvalue weighted by molar-refractivity contribution is -0.191. The molecule has 3 rings (SSSR count). The number of imide groups is 1. The average molecular weight is 483 g/mol. The van der Waals surface area contributed by atoms with E-state index in [9.17, 15) is 14.7 Å². The minimum Gasteiger partial charge on any atom is -0.469 e. The van der Waals surface area contributed by atoms with Gasteiger partial charge in [0.05, 0.1) is 12.6 Å². The summed E-state index contributed by atoms with van der Waals surface area (Å²) in [6.45, 7) is 8.19. The molecule has 0 bridgehead atoms. The summed E-state index contributed by atoms with van der Waals surface area (Å²) in [6.07, 6.45) is 1.35. The van der Waals surface area contributed by atoms with E-state index in [1.165, 1.54) is 12.0 Å². The Labute approximate surface area is 208 Å². The quantitative estimate of drug-likeness (QED) is 0.426. The van der Waals surface area contributed by atoms with E-state index >= 15 is 0 Å². The summed E-state index contributed by atoms with van der Waals surface area (Å²) in [4.78, 5) is 27.8. The number of benzene rings is 2. The van der Waals surface area contributed by atoms with Crippen molar-refractivity contribution in [3.05, 3.63) is 65.2 Å². The molecule has 35 heavy (non-hydrogen) atoms. The van der Waals surface area contributed by atoms with Gasteiger partial charge in [0.25, 0.3) is 0 Å². The Kier molecular flexibility index (Phi) is 8.92. The zero-order chi connectivity index (χ0) is 25.6. The standard InChI is InChI=1S/C28H38N2O5/c1-6-9-23(20-12-10-19(4)11-13-20)29-27(33)30-25(32)28(7-2,8-3)26(30)35-22-16-14-21(15-17-22)24(31)18-34-5/h10-17,23-24,26,31H,6-9,18H2,1-5H3,(H,29,33)/t23?,24-,26-/m0/s1. The number of hydrogen-bond acceptors (Lipinski definition) is 5. The molecule has 1 unspecified atom stereocenters. The Balaban J connectivity index is 1.80. The molecule has 3 amide bonds. The number of ether oxygens (including phenoxy) is 2. The second-order valence-corrected chi connectivity index (χ2v) is 9.25. The number of likely N-dealkylation sites (tertiary alicyclic amines) is 1. The summed E-state index contributed by atoms with van der Waals surface area (Å²) in [5.74, 6) is 0.319. The molecule has 1 heterocycles. The van der Waals surface area contributed by atoms with Gasteiger partial charge in [-0.25, -0.2) is 9.69 Å². The zero-order valence-electron chi connectivity index (χ0n) is 21.4. The number of amides is 3. The van der Waals surface area contributed by atoms with E-state index in [-0.39, 0.29) is 18.6 Å². The first-order valence-electron chi connectivity index (χ1n) is 12.5. The van der Waals surface area contributed by atoms with E-state index in [4.69, 9.17) is 9.47 Å². The van der Waals surface area contributed by atoms with Gasteiger partial charge < -0.3 is 19.9 Å². The Morgan fingerprint density at radius 1 is 1.06 bits per heavy atom. The van der Waals surface area contributed by atoms with Crippen LogP contribution in [-0.4, -0.2) is 41.9 Å². The van der Waals surface area contributed by atoms with Crippen molar-refractivity contribution in [3.63, 3.8) is 0 Å². The van der Waals surface area contributed by atoms with Crippen LogP contribution in [0.15, 0.2) is 48.5 Å². The summed E-state index contributed by atoms with van der Waals surface area (Å²) in [5.41, 5.74) is 2.11. The van der Waals surface area contributed by atoms with Crippen molar-refractivity contribution < 1.29 is 24.2 Å². The highest BCUT2D eigenvalue weighted by Gasteiger charge is 2.63. The molecule has 1 saturated heterocycles. The number of nitrogens with one attached hydrogen (secondary N) is 1. The van der Waals surface area contributed by atoms with Crippen molar-refractivity contribution in [3.8, 4) is 5.75 Å². The van der Waals surface area contributed by atoms with Crippen LogP contribution >= 0.6 is 0 Å². The van der Waals surface area contributed by atoms with Gasteiger partial charge in [0.2, 0.25) is 5.91 Å². The molecule has 7 heteroatoms. The molecule has 2 N–H and O–H groups in total. The number of aliphatic hydroxyl groups excluding tert-OH is 1. The summed E-state index contributed by atoms with van der Waals surface area (Å²) >= 11 is 0. The van der Waals surface area contributed by atoms with Crippen LogP contribution in [0.25, 0.3) is 0 Å². The normalized spacial score (nSPS) is 18.5. The number of rotatable bonds is 11. The third kappa shape index (κ3) is 5.52. The van der Waals surface area contributed by atoms with Crippen LogP contribution in [0.5, 0.6) is 5.75 Å². The SMILES string of the molecule is CCCC(NC(=O)N1C(=O)C(CC)(CC)[C@@H]1Oc1ccc([C@@H](O)COC)cc1)c1ccc(C)cc1. The van der Waals surface area contributed by atoms with Crippen LogP contribution in [0.1, 0.15) is 75.3 Å². The monoisotopic (exact) mass is 482 g/mol. The lowest BCUT2D eigenvalue weighted by atomic mass is 9.72. The molecule has 2 aromatic rings. The van der Waals surface area contributed by atoms with Gasteiger partial charge in [-0.15, -0.1) is 0 Å². The largest absolute Gasteiger partial charge is 0.469 e. The molecular weight excluding hydrogens is 444 g/mol. The van der Waals surface area contributed by atoms with Gasteiger partial charge in [-0.2, -0.15) is 0 Å². The highest BCUT2D eigenvalue weighted by Crippen LogP contribution is 2.46. The molecule has 2 aromatic carbocycles. The maximum absolute atomic E-state index is 13.4. The minimum absolute atomic E-state index is 0.193. The van der Waals surface area contributed by atoms with Gasteiger partial charge in [0, 0.05) is 7.11 Å². The van der Waals surface area contributed by atoms with Gasteiger partial charge in [-0.3, -0.25) is 4.79 Å². The number of aryl methyl sites for hydroxylation is 1. The van der Waals surface area contributed by atoms with Crippen molar-refractivity contribution in [2.45, 2.75) is 71.8 Å². The number of carbonyl (C=O) groups is 2. The topological polar surface area (TPSA) is 88.1 Å². The van der Waals surface area contributed by atoms with Crippen molar-refractivity contribution in [1.29, 1.82) is 0 Å². The molecular formula is C28H38N2O5. The predicted octanol–water partition coefficient (Wildman–Crippen LogP) is 5.28. The molecule has 0 aromatic heterocycles. The molecule has 0 spiro atoms. The van der Waals surface area contributed by atoms with Gasteiger partial charge in [0.1, 0.15) is 17.3 Å². The number of methoxy groups -OCH3 is 1. The van der Waals surface area contributed by atoms with Crippen LogP contribution in [0, 0.1) is 12.3 Å². The van der Waals surface area contributed by atoms with E-state index in [0.29, 0.717) is 24.2 Å². The lowest BCUT2D eigenvalue weighted by Crippen LogP contribution is -2.73.